The second kappa shape index (κ2) is 3.95. The molecule has 1 aromatic heterocycles. The van der Waals surface area contributed by atoms with Crippen LogP contribution in [0.15, 0.2) is 4.52 Å². The third-order valence-electron chi connectivity index (χ3n) is 2.12. The maximum atomic E-state index is 10.7. The zero-order chi connectivity index (χ0) is 10.8. The summed E-state index contributed by atoms with van der Waals surface area (Å²) in [5, 5.41) is 15.4. The molecular weight excluding hydrogens is 202 g/mol. The first-order valence-corrected chi connectivity index (χ1v) is 4.53. The van der Waals surface area contributed by atoms with Crippen molar-refractivity contribution in [1.29, 1.82) is 0 Å². The number of nitrogens with one attached hydrogen (secondary N) is 1. The number of ether oxygens (including phenoxy) is 1. The highest BCUT2D eigenvalue weighted by atomic mass is 16.5. The number of morpholine rings is 1. The lowest BCUT2D eigenvalue weighted by molar-refractivity contribution is -0.143. The normalized spacial score (nSPS) is 26.5. The first kappa shape index (κ1) is 10.1. The summed E-state index contributed by atoms with van der Waals surface area (Å²) in [6.07, 6.45) is 0. The Morgan fingerprint density at radius 2 is 2.40 bits per heavy atom. The van der Waals surface area contributed by atoms with E-state index in [1.807, 2.05) is 0 Å². The molecule has 2 rings (SSSR count). The van der Waals surface area contributed by atoms with Crippen LogP contribution in [-0.4, -0.2) is 40.5 Å². The number of carboxylic acids is 1. The number of carbonyl (C=O) groups is 1. The lowest BCUT2D eigenvalue weighted by atomic mass is 10.2. The van der Waals surface area contributed by atoms with Crippen LogP contribution in [0.25, 0.3) is 0 Å². The topological polar surface area (TPSA) is 97.5 Å². The van der Waals surface area contributed by atoms with Gasteiger partial charge in [0.15, 0.2) is 5.82 Å². The van der Waals surface area contributed by atoms with Crippen LogP contribution in [0.1, 0.15) is 17.8 Å². The van der Waals surface area contributed by atoms with Crippen molar-refractivity contribution in [2.24, 2.45) is 0 Å². The van der Waals surface area contributed by atoms with Crippen molar-refractivity contribution in [3.05, 3.63) is 11.7 Å². The van der Waals surface area contributed by atoms with Gasteiger partial charge in [0.2, 0.25) is 5.89 Å². The van der Waals surface area contributed by atoms with Crippen LogP contribution in [0.5, 0.6) is 0 Å². The lowest BCUT2D eigenvalue weighted by Gasteiger charge is -2.26. The molecule has 2 heterocycles. The van der Waals surface area contributed by atoms with Gasteiger partial charge in [0.25, 0.3) is 0 Å². The summed E-state index contributed by atoms with van der Waals surface area (Å²) >= 11 is 0. The largest absolute Gasteiger partial charge is 0.480 e. The van der Waals surface area contributed by atoms with Crippen LogP contribution in [0.4, 0.5) is 0 Å². The Labute approximate surface area is 85.4 Å². The van der Waals surface area contributed by atoms with Crippen molar-refractivity contribution in [3.63, 3.8) is 0 Å². The number of hydrogen-bond acceptors (Lipinski definition) is 6. The summed E-state index contributed by atoms with van der Waals surface area (Å²) in [5.41, 5.74) is 0. The van der Waals surface area contributed by atoms with Crippen LogP contribution in [0, 0.1) is 6.92 Å². The average Bonchev–Trinajstić information content (AvgIpc) is 2.65. The Balaban J connectivity index is 2.07. The summed E-state index contributed by atoms with van der Waals surface area (Å²) in [5.74, 6) is -0.0670. The summed E-state index contributed by atoms with van der Waals surface area (Å²) in [6, 6.07) is -1.04. The molecule has 7 nitrogen and oxygen atoms in total. The van der Waals surface area contributed by atoms with Gasteiger partial charge in [-0.05, 0) is 0 Å². The number of carboxylic acid groups (broad SMARTS) is 1. The molecule has 82 valence electrons. The van der Waals surface area contributed by atoms with Crippen LogP contribution in [0.3, 0.4) is 0 Å². The predicted octanol–water partition coefficient (Wildman–Crippen LogP) is -0.508. The highest BCUT2D eigenvalue weighted by Crippen LogP contribution is 2.14. The van der Waals surface area contributed by atoms with Crippen molar-refractivity contribution in [2.45, 2.75) is 19.0 Å². The predicted molar refractivity (Wildman–Crippen MR) is 47.2 cm³/mol. The molecule has 7 heteroatoms. The molecule has 1 aliphatic heterocycles. The first-order chi connectivity index (χ1) is 7.16. The van der Waals surface area contributed by atoms with Crippen LogP contribution in [0.2, 0.25) is 0 Å². The quantitative estimate of drug-likeness (QED) is 0.682. The first-order valence-electron chi connectivity index (χ1n) is 4.53. The van der Waals surface area contributed by atoms with Crippen molar-refractivity contribution >= 4 is 5.97 Å². The van der Waals surface area contributed by atoms with Crippen molar-refractivity contribution < 1.29 is 19.2 Å². The van der Waals surface area contributed by atoms with Gasteiger partial charge in [0, 0.05) is 6.92 Å². The highest BCUT2D eigenvalue weighted by Gasteiger charge is 2.30. The molecule has 0 aromatic carbocycles. The molecule has 2 N–H and O–H groups in total. The summed E-state index contributed by atoms with van der Waals surface area (Å²) in [7, 11) is 0. The van der Waals surface area contributed by atoms with E-state index >= 15 is 0 Å². The standard InChI is InChI=1S/C8H11N3O4/c1-4-9-7(11-15-4)5-2-14-3-6(10-5)8(12)13/h5-6,10H,2-3H2,1H3,(H,12,13)/t5?,6-/m1/s1. The second-order valence-electron chi connectivity index (χ2n) is 3.32. The zero-order valence-corrected chi connectivity index (χ0v) is 8.14. The molecule has 0 aliphatic carbocycles. The fourth-order valence-corrected chi connectivity index (χ4v) is 1.39. The monoisotopic (exact) mass is 213 g/mol. The number of rotatable bonds is 2. The van der Waals surface area contributed by atoms with E-state index in [0.717, 1.165) is 0 Å². The van der Waals surface area contributed by atoms with E-state index in [0.29, 0.717) is 18.3 Å². The second-order valence-corrected chi connectivity index (χ2v) is 3.32. The fraction of sp³-hybridized carbons (Fsp3) is 0.625. The van der Waals surface area contributed by atoms with Crippen molar-refractivity contribution in [3.8, 4) is 0 Å². The molecule has 1 unspecified atom stereocenters. The highest BCUT2D eigenvalue weighted by molar-refractivity contribution is 5.73. The summed E-state index contributed by atoms with van der Waals surface area (Å²) in [6.45, 7) is 2.18. The number of nitrogens with zero attached hydrogens (tertiary/aromatic N) is 2. The van der Waals surface area contributed by atoms with E-state index in [1.165, 1.54) is 0 Å². The number of aliphatic carboxylic acids is 1. The van der Waals surface area contributed by atoms with Gasteiger partial charge in [-0.2, -0.15) is 4.98 Å². The fourth-order valence-electron chi connectivity index (χ4n) is 1.39. The number of hydrogen-bond donors (Lipinski definition) is 2. The van der Waals surface area contributed by atoms with E-state index in [1.54, 1.807) is 6.92 Å². The Morgan fingerprint density at radius 1 is 1.60 bits per heavy atom. The van der Waals surface area contributed by atoms with Gasteiger partial charge in [0.05, 0.1) is 19.3 Å². The van der Waals surface area contributed by atoms with Gasteiger partial charge in [-0.3, -0.25) is 10.1 Å². The molecule has 0 bridgehead atoms. The third-order valence-corrected chi connectivity index (χ3v) is 2.12. The van der Waals surface area contributed by atoms with Crippen LogP contribution < -0.4 is 5.32 Å². The van der Waals surface area contributed by atoms with Gasteiger partial charge in [0.1, 0.15) is 6.04 Å². The van der Waals surface area contributed by atoms with Crippen molar-refractivity contribution in [1.82, 2.24) is 15.5 Å². The summed E-state index contributed by atoms with van der Waals surface area (Å²) < 4.78 is 9.96. The maximum Gasteiger partial charge on any atom is 0.323 e. The number of aryl methyl sites for hydroxylation is 1. The Morgan fingerprint density at radius 3 is 3.00 bits per heavy atom. The lowest BCUT2D eigenvalue weighted by Crippen LogP contribution is -2.48. The van der Waals surface area contributed by atoms with Crippen LogP contribution >= 0.6 is 0 Å². The third kappa shape index (κ3) is 2.13. The van der Waals surface area contributed by atoms with Gasteiger partial charge in [-0.1, -0.05) is 5.16 Å². The molecule has 1 fully saturated rings. The minimum absolute atomic E-state index is 0.155. The van der Waals surface area contributed by atoms with E-state index in [-0.39, 0.29) is 12.6 Å². The molecule has 1 saturated heterocycles. The van der Waals surface area contributed by atoms with E-state index in [4.69, 9.17) is 14.4 Å². The van der Waals surface area contributed by atoms with Gasteiger partial charge < -0.3 is 14.4 Å². The molecule has 2 atom stereocenters. The average molecular weight is 213 g/mol. The number of aromatic nitrogens is 2. The van der Waals surface area contributed by atoms with Gasteiger partial charge in [-0.25, -0.2) is 0 Å². The maximum absolute atomic E-state index is 10.7. The molecule has 0 amide bonds. The van der Waals surface area contributed by atoms with E-state index in [2.05, 4.69) is 15.5 Å². The molecule has 0 spiro atoms. The van der Waals surface area contributed by atoms with Crippen LogP contribution in [-0.2, 0) is 9.53 Å². The van der Waals surface area contributed by atoms with Gasteiger partial charge in [-0.15, -0.1) is 0 Å². The summed E-state index contributed by atoms with van der Waals surface area (Å²) in [4.78, 5) is 14.7. The Kier molecular flexibility index (Phi) is 2.65. The molecule has 0 radical (unpaired) electrons. The molecule has 1 aliphatic rings. The zero-order valence-electron chi connectivity index (χ0n) is 8.14. The Hall–Kier alpha value is -1.47. The van der Waals surface area contributed by atoms with Crippen molar-refractivity contribution in [2.75, 3.05) is 13.2 Å². The van der Waals surface area contributed by atoms with E-state index < -0.39 is 12.0 Å². The molecule has 15 heavy (non-hydrogen) atoms. The molecular formula is C8H11N3O4. The smallest absolute Gasteiger partial charge is 0.323 e. The molecule has 1 aromatic rings. The molecule has 0 saturated carbocycles. The van der Waals surface area contributed by atoms with E-state index in [9.17, 15) is 4.79 Å². The minimum atomic E-state index is -0.945. The Bertz CT molecular complexity index is 365. The van der Waals surface area contributed by atoms with Gasteiger partial charge >= 0.3 is 5.97 Å². The minimum Gasteiger partial charge on any atom is -0.480 e. The SMILES string of the molecule is Cc1nc(C2COC[C@H](C(=O)O)N2)no1.